The average molecular weight is 599 g/mol. The minimum Gasteiger partial charge on any atom is -0.416 e. The lowest BCUT2D eigenvalue weighted by Crippen LogP contribution is -2.41. The van der Waals surface area contributed by atoms with Crippen molar-refractivity contribution in [2.45, 2.75) is 58.7 Å². The molecule has 1 unspecified atom stereocenters. The number of nitrogens with one attached hydrogen (secondary N) is 1. The molecule has 1 N–H and O–H groups in total. The summed E-state index contributed by atoms with van der Waals surface area (Å²) in [7, 11) is -1.97. The molecule has 6 heteroatoms. The summed E-state index contributed by atoms with van der Waals surface area (Å²) in [6.45, 7) is 16.4. The van der Waals surface area contributed by atoms with E-state index in [0.717, 1.165) is 14.6 Å². The molecule has 0 spiro atoms. The number of nitrogens with zero attached hydrogens (tertiary/aromatic N) is 1. The highest BCUT2D eigenvalue weighted by Crippen LogP contribution is 2.40. The molecule has 0 radical (unpaired) electrons. The van der Waals surface area contributed by atoms with Crippen LogP contribution in [0.1, 0.15) is 48.9 Å². The van der Waals surface area contributed by atoms with Crippen molar-refractivity contribution in [1.29, 1.82) is 0 Å². The van der Waals surface area contributed by atoms with Crippen LogP contribution in [-0.4, -0.2) is 24.5 Å². The molecular formula is C29H35IN2O2Si. The van der Waals surface area contributed by atoms with Crippen LogP contribution in [0.25, 0.3) is 16.6 Å². The second kappa shape index (κ2) is 9.71. The lowest BCUT2D eigenvalue weighted by molar-refractivity contribution is 0.275. The Kier molecular flexibility index (Phi) is 7.19. The molecule has 4 nitrogen and oxygen atoms in total. The number of aryl methyl sites for hydroxylation is 1. The number of aromatic nitrogens is 2. The Bertz CT molecular complexity index is 1410. The molecule has 4 aromatic rings. The van der Waals surface area contributed by atoms with E-state index in [-0.39, 0.29) is 16.5 Å². The zero-order valence-corrected chi connectivity index (χ0v) is 24.9. The van der Waals surface area contributed by atoms with E-state index in [2.05, 4.69) is 116 Å². The maximum absolute atomic E-state index is 12.9. The van der Waals surface area contributed by atoms with Gasteiger partial charge in [-0.15, -0.1) is 0 Å². The molecule has 0 aliphatic rings. The van der Waals surface area contributed by atoms with Gasteiger partial charge in [0.15, 0.2) is 8.32 Å². The summed E-state index contributed by atoms with van der Waals surface area (Å²) in [5, 5.41) is 1.06. The zero-order valence-electron chi connectivity index (χ0n) is 21.7. The van der Waals surface area contributed by atoms with Crippen molar-refractivity contribution in [2.24, 2.45) is 0 Å². The molecule has 2 aromatic heterocycles. The average Bonchev–Trinajstić information content (AvgIpc) is 3.23. The first-order valence-electron chi connectivity index (χ1n) is 12.1. The number of H-pyrrole nitrogens is 1. The predicted octanol–water partition coefficient (Wildman–Crippen LogP) is 7.69. The molecule has 35 heavy (non-hydrogen) atoms. The third kappa shape index (κ3) is 4.93. The minimum atomic E-state index is -1.97. The second-order valence-electron chi connectivity index (χ2n) is 10.9. The maximum Gasteiger partial charge on any atom is 0.272 e. The Hall–Kier alpha value is -2.16. The lowest BCUT2D eigenvalue weighted by Gasteiger charge is -2.37. The number of aromatic amines is 1. The van der Waals surface area contributed by atoms with Crippen molar-refractivity contribution in [3.05, 3.63) is 97.1 Å². The van der Waals surface area contributed by atoms with Gasteiger partial charge in [-0.2, -0.15) is 0 Å². The molecular weight excluding hydrogens is 563 g/mol. The van der Waals surface area contributed by atoms with E-state index in [1.807, 2.05) is 18.3 Å². The van der Waals surface area contributed by atoms with Crippen LogP contribution in [0.5, 0.6) is 0 Å². The van der Waals surface area contributed by atoms with Crippen LogP contribution in [-0.2, 0) is 4.43 Å². The molecule has 4 rings (SSSR count). The number of halogens is 1. The van der Waals surface area contributed by atoms with Crippen LogP contribution < -0.4 is 5.56 Å². The Balaban J connectivity index is 1.97. The fourth-order valence-corrected chi connectivity index (χ4v) is 6.25. The summed E-state index contributed by atoms with van der Waals surface area (Å²) in [5.74, 6) is 0.0355. The highest BCUT2D eigenvalue weighted by molar-refractivity contribution is 14.1. The van der Waals surface area contributed by atoms with Gasteiger partial charge >= 0.3 is 0 Å². The maximum atomic E-state index is 12.9. The molecule has 1 atom stereocenters. The van der Waals surface area contributed by atoms with Crippen LogP contribution in [0.3, 0.4) is 0 Å². The first-order chi connectivity index (χ1) is 16.4. The predicted molar refractivity (Wildman–Crippen MR) is 158 cm³/mol. The lowest BCUT2D eigenvalue weighted by atomic mass is 9.88. The first kappa shape index (κ1) is 25.9. The SMILES string of the molecule is Cc1cc(C(CO[Si](C)(C)C(C)(C)C)c2ccccc2)c(-n2ccc3cc[nH]c(=O)c32)c(I)c1C. The van der Waals surface area contributed by atoms with Crippen LogP contribution in [0.4, 0.5) is 0 Å². The van der Waals surface area contributed by atoms with Gasteiger partial charge in [-0.05, 0) is 89.0 Å². The van der Waals surface area contributed by atoms with Crippen molar-refractivity contribution in [2.75, 3.05) is 6.61 Å². The van der Waals surface area contributed by atoms with Crippen LogP contribution in [0.15, 0.2) is 65.7 Å². The van der Waals surface area contributed by atoms with Crippen molar-refractivity contribution >= 4 is 41.8 Å². The number of pyridine rings is 1. The number of hydrogen-bond acceptors (Lipinski definition) is 2. The number of hydrogen-bond donors (Lipinski definition) is 1. The number of fused-ring (bicyclic) bond motifs is 1. The molecule has 184 valence electrons. The van der Waals surface area contributed by atoms with Gasteiger partial charge < -0.3 is 14.0 Å². The molecule has 0 saturated heterocycles. The molecule has 0 aliphatic heterocycles. The Labute approximate surface area is 223 Å². The normalized spacial score (nSPS) is 13.4. The van der Waals surface area contributed by atoms with Gasteiger partial charge in [-0.1, -0.05) is 57.2 Å². The largest absolute Gasteiger partial charge is 0.416 e. The fraction of sp³-hybridized carbons (Fsp3) is 0.345. The summed E-state index contributed by atoms with van der Waals surface area (Å²) in [6.07, 6.45) is 3.73. The number of rotatable bonds is 6. The van der Waals surface area contributed by atoms with Crippen molar-refractivity contribution in [3.63, 3.8) is 0 Å². The van der Waals surface area contributed by atoms with Crippen LogP contribution >= 0.6 is 22.6 Å². The summed E-state index contributed by atoms with van der Waals surface area (Å²) >= 11 is 2.45. The van der Waals surface area contributed by atoms with E-state index < -0.39 is 8.32 Å². The van der Waals surface area contributed by atoms with Gasteiger partial charge in [0.05, 0.1) is 5.69 Å². The quantitative estimate of drug-likeness (QED) is 0.183. The van der Waals surface area contributed by atoms with Crippen LogP contribution in [0, 0.1) is 17.4 Å². The third-order valence-electron chi connectivity index (χ3n) is 7.62. The second-order valence-corrected chi connectivity index (χ2v) is 16.8. The Morgan fingerprint density at radius 2 is 1.77 bits per heavy atom. The van der Waals surface area contributed by atoms with Gasteiger partial charge in [0, 0.05) is 33.9 Å². The topological polar surface area (TPSA) is 47.0 Å². The third-order valence-corrected chi connectivity index (χ3v) is 13.4. The van der Waals surface area contributed by atoms with Crippen molar-refractivity contribution in [1.82, 2.24) is 9.55 Å². The fourth-order valence-electron chi connectivity index (χ4n) is 4.24. The molecule has 2 heterocycles. The number of benzene rings is 2. The summed E-state index contributed by atoms with van der Waals surface area (Å²) in [5.41, 5.74) is 6.53. The molecule has 2 aromatic carbocycles. The molecule has 0 bridgehead atoms. The molecule has 0 fully saturated rings. The van der Waals surface area contributed by atoms with E-state index in [0.29, 0.717) is 12.1 Å². The Morgan fingerprint density at radius 1 is 1.09 bits per heavy atom. The van der Waals surface area contributed by atoms with E-state index >= 15 is 0 Å². The smallest absolute Gasteiger partial charge is 0.272 e. The van der Waals surface area contributed by atoms with Gasteiger partial charge in [0.1, 0.15) is 5.52 Å². The van der Waals surface area contributed by atoms with Crippen molar-refractivity contribution < 1.29 is 4.43 Å². The summed E-state index contributed by atoms with van der Waals surface area (Å²) in [6, 6.07) is 16.9. The van der Waals surface area contributed by atoms with Crippen LogP contribution in [0.2, 0.25) is 18.1 Å². The standard InChI is InChI=1S/C29H35IN2O2Si/c1-19-17-23(24(21-11-9-8-10-12-21)18-34-35(6,7)29(3,4)5)27(25(30)20(19)2)32-16-14-22-13-15-31-28(33)26(22)32/h8-17,24H,18H2,1-7H3,(H,31,33). The summed E-state index contributed by atoms with van der Waals surface area (Å²) in [4.78, 5) is 15.8. The molecule has 0 saturated carbocycles. The van der Waals surface area contributed by atoms with Crippen molar-refractivity contribution in [3.8, 4) is 5.69 Å². The highest BCUT2D eigenvalue weighted by atomic mass is 127. The van der Waals surface area contributed by atoms with Gasteiger partial charge in [-0.3, -0.25) is 4.79 Å². The van der Waals surface area contributed by atoms with Gasteiger partial charge in [0.25, 0.3) is 5.56 Å². The zero-order chi connectivity index (χ0) is 25.5. The molecule has 0 amide bonds. The van der Waals surface area contributed by atoms with E-state index in [9.17, 15) is 4.79 Å². The summed E-state index contributed by atoms with van der Waals surface area (Å²) < 4.78 is 10.0. The van der Waals surface area contributed by atoms with E-state index in [1.165, 1.54) is 22.3 Å². The van der Waals surface area contributed by atoms with Gasteiger partial charge in [0.2, 0.25) is 0 Å². The first-order valence-corrected chi connectivity index (χ1v) is 16.1. The molecule has 0 aliphatic carbocycles. The highest BCUT2D eigenvalue weighted by Gasteiger charge is 2.38. The Morgan fingerprint density at radius 3 is 2.43 bits per heavy atom. The van der Waals surface area contributed by atoms with E-state index in [1.54, 1.807) is 6.20 Å². The van der Waals surface area contributed by atoms with E-state index in [4.69, 9.17) is 4.43 Å². The minimum absolute atomic E-state index is 0.0355. The monoisotopic (exact) mass is 598 g/mol. The van der Waals surface area contributed by atoms with Gasteiger partial charge in [-0.25, -0.2) is 0 Å².